The minimum Gasteiger partial charge on any atom is -0.302 e. The van der Waals surface area contributed by atoms with Crippen LogP contribution in [0.1, 0.15) is 15.9 Å². The Kier molecular flexibility index (Phi) is 2.60. The van der Waals surface area contributed by atoms with Crippen molar-refractivity contribution in [1.82, 2.24) is 9.55 Å². The molecule has 22 heavy (non-hydrogen) atoms. The molecule has 2 heterocycles. The van der Waals surface area contributed by atoms with Crippen molar-refractivity contribution in [3.8, 4) is 11.4 Å². The van der Waals surface area contributed by atoms with Crippen molar-refractivity contribution in [3.05, 3.63) is 76.7 Å². The van der Waals surface area contributed by atoms with Gasteiger partial charge in [0.25, 0.3) is 5.56 Å². The molecule has 0 atom stereocenters. The summed E-state index contributed by atoms with van der Waals surface area (Å²) < 4.78 is 1.58. The Morgan fingerprint density at radius 1 is 1.09 bits per heavy atom. The average molecular weight is 288 g/mol. The molecule has 4 heteroatoms. The Hall–Kier alpha value is -3.01. The summed E-state index contributed by atoms with van der Waals surface area (Å²) in [5.74, 6) is -0.0767. The lowest BCUT2D eigenvalue weighted by Crippen LogP contribution is -2.22. The Morgan fingerprint density at radius 2 is 1.86 bits per heavy atom. The molecule has 0 spiro atoms. The number of hydrogen-bond donors (Lipinski definition) is 0. The fraction of sp³-hybridized carbons (Fsp3) is 0.0556. The Bertz CT molecular complexity index is 1020. The molecule has 2 aromatic heterocycles. The van der Waals surface area contributed by atoms with Crippen LogP contribution in [-0.4, -0.2) is 15.3 Å². The van der Waals surface area contributed by atoms with Crippen molar-refractivity contribution in [3.63, 3.8) is 0 Å². The maximum Gasteiger partial charge on any atom is 0.259 e. The molecule has 4 rings (SSSR count). The first-order valence-electron chi connectivity index (χ1n) is 7.00. The van der Waals surface area contributed by atoms with E-state index in [1.54, 1.807) is 41.1 Å². The standard InChI is InChI=1S/C18H12N2O2/c1-2-10-20-16-14(11-6-3-4-7-12(11)18(20)22)17(21)13-8-5-9-19-15(13)16/h2-9H,1,10H2. The topological polar surface area (TPSA) is 52.0 Å². The predicted octanol–water partition coefficient (Wildman–Crippen LogP) is 2.79. The number of pyridine rings is 2. The second kappa shape index (κ2) is 4.49. The molecule has 0 N–H and O–H groups in total. The maximum atomic E-state index is 12.8. The van der Waals surface area contributed by atoms with Gasteiger partial charge in [-0.3, -0.25) is 14.6 Å². The van der Waals surface area contributed by atoms with Crippen LogP contribution in [0.3, 0.4) is 0 Å². The van der Waals surface area contributed by atoms with E-state index in [4.69, 9.17) is 0 Å². The van der Waals surface area contributed by atoms with Crippen LogP contribution in [-0.2, 0) is 6.54 Å². The number of carbonyl (C=O) groups excluding carboxylic acids is 1. The molecular weight excluding hydrogens is 276 g/mol. The number of benzene rings is 1. The number of allylic oxidation sites excluding steroid dienone is 1. The van der Waals surface area contributed by atoms with Gasteiger partial charge in [-0.05, 0) is 18.2 Å². The lowest BCUT2D eigenvalue weighted by molar-refractivity contribution is 0.104. The number of carbonyl (C=O) groups is 1. The quantitative estimate of drug-likeness (QED) is 0.533. The second-order valence-corrected chi connectivity index (χ2v) is 5.20. The normalized spacial score (nSPS) is 12.3. The van der Waals surface area contributed by atoms with Gasteiger partial charge < -0.3 is 4.57 Å². The van der Waals surface area contributed by atoms with E-state index in [1.807, 2.05) is 12.1 Å². The fourth-order valence-electron chi connectivity index (χ4n) is 3.09. The largest absolute Gasteiger partial charge is 0.302 e. The fourth-order valence-corrected chi connectivity index (χ4v) is 3.09. The predicted molar refractivity (Wildman–Crippen MR) is 85.1 cm³/mol. The Labute approximate surface area is 126 Å². The Morgan fingerprint density at radius 3 is 2.64 bits per heavy atom. The third kappa shape index (κ3) is 1.49. The van der Waals surface area contributed by atoms with Crippen LogP contribution in [0.15, 0.2) is 60.0 Å². The van der Waals surface area contributed by atoms with Gasteiger partial charge in [0.15, 0.2) is 5.78 Å². The number of fused-ring (bicyclic) bond motifs is 5. The van der Waals surface area contributed by atoms with Crippen LogP contribution >= 0.6 is 0 Å². The van der Waals surface area contributed by atoms with Crippen LogP contribution < -0.4 is 5.56 Å². The number of rotatable bonds is 2. The van der Waals surface area contributed by atoms with Crippen molar-refractivity contribution < 1.29 is 4.79 Å². The average Bonchev–Trinajstić information content (AvgIpc) is 2.85. The summed E-state index contributed by atoms with van der Waals surface area (Å²) in [6.45, 7) is 4.06. The first kappa shape index (κ1) is 12.7. The summed E-state index contributed by atoms with van der Waals surface area (Å²) in [7, 11) is 0. The van der Waals surface area contributed by atoms with Gasteiger partial charge in [-0.1, -0.05) is 24.3 Å². The summed E-state index contributed by atoms with van der Waals surface area (Å²) in [5.41, 5.74) is 2.16. The zero-order valence-corrected chi connectivity index (χ0v) is 11.7. The molecule has 0 fully saturated rings. The number of nitrogens with zero attached hydrogens (tertiary/aromatic N) is 2. The van der Waals surface area contributed by atoms with Gasteiger partial charge in [-0.25, -0.2) is 0 Å². The number of aromatic nitrogens is 2. The van der Waals surface area contributed by atoms with Crippen LogP contribution in [0.25, 0.3) is 22.2 Å². The molecule has 4 nitrogen and oxygen atoms in total. The summed E-state index contributed by atoms with van der Waals surface area (Å²) >= 11 is 0. The highest BCUT2D eigenvalue weighted by molar-refractivity contribution is 6.26. The van der Waals surface area contributed by atoms with Crippen molar-refractivity contribution in [1.29, 1.82) is 0 Å². The zero-order chi connectivity index (χ0) is 15.3. The molecule has 1 aliphatic carbocycles. The lowest BCUT2D eigenvalue weighted by Gasteiger charge is -2.12. The third-order valence-electron chi connectivity index (χ3n) is 3.99. The third-order valence-corrected chi connectivity index (χ3v) is 3.99. The van der Waals surface area contributed by atoms with Crippen molar-refractivity contribution in [2.75, 3.05) is 0 Å². The highest BCUT2D eigenvalue weighted by Gasteiger charge is 2.33. The molecule has 0 aliphatic heterocycles. The molecular formula is C18H12N2O2. The van der Waals surface area contributed by atoms with Gasteiger partial charge in [0.1, 0.15) is 0 Å². The monoisotopic (exact) mass is 288 g/mol. The SMILES string of the molecule is C=CCn1c2c(c3ccccc3c1=O)C(=O)c1cccnc1-2. The van der Waals surface area contributed by atoms with Crippen molar-refractivity contribution in [2.24, 2.45) is 0 Å². The Balaban J connectivity index is 2.27. The molecule has 0 amide bonds. The van der Waals surface area contributed by atoms with E-state index in [0.29, 0.717) is 39.8 Å². The summed E-state index contributed by atoms with van der Waals surface area (Å²) in [6.07, 6.45) is 3.29. The van der Waals surface area contributed by atoms with Gasteiger partial charge in [-0.15, -0.1) is 6.58 Å². The van der Waals surface area contributed by atoms with E-state index >= 15 is 0 Å². The first-order valence-corrected chi connectivity index (χ1v) is 7.00. The van der Waals surface area contributed by atoms with E-state index < -0.39 is 0 Å². The first-order chi connectivity index (χ1) is 10.7. The summed E-state index contributed by atoms with van der Waals surface area (Å²) in [6, 6.07) is 10.7. The van der Waals surface area contributed by atoms with E-state index in [-0.39, 0.29) is 11.3 Å². The van der Waals surface area contributed by atoms with Gasteiger partial charge in [0.2, 0.25) is 0 Å². The van der Waals surface area contributed by atoms with Crippen LogP contribution in [0.4, 0.5) is 0 Å². The van der Waals surface area contributed by atoms with E-state index in [2.05, 4.69) is 11.6 Å². The second-order valence-electron chi connectivity index (χ2n) is 5.20. The van der Waals surface area contributed by atoms with E-state index in [9.17, 15) is 9.59 Å². The van der Waals surface area contributed by atoms with Gasteiger partial charge >= 0.3 is 0 Å². The minimum atomic E-state index is -0.124. The molecule has 106 valence electrons. The smallest absolute Gasteiger partial charge is 0.259 e. The molecule has 0 saturated carbocycles. The molecule has 0 saturated heterocycles. The molecule has 1 aromatic carbocycles. The van der Waals surface area contributed by atoms with E-state index in [0.717, 1.165) is 0 Å². The highest BCUT2D eigenvalue weighted by Crippen LogP contribution is 2.37. The van der Waals surface area contributed by atoms with Crippen LogP contribution in [0, 0.1) is 0 Å². The van der Waals surface area contributed by atoms with Gasteiger partial charge in [0, 0.05) is 23.5 Å². The van der Waals surface area contributed by atoms with Gasteiger partial charge in [-0.2, -0.15) is 0 Å². The molecule has 0 bridgehead atoms. The lowest BCUT2D eigenvalue weighted by atomic mass is 10.0. The number of ketones is 1. The molecule has 0 radical (unpaired) electrons. The molecule has 1 aliphatic rings. The maximum absolute atomic E-state index is 12.8. The zero-order valence-electron chi connectivity index (χ0n) is 11.7. The van der Waals surface area contributed by atoms with Crippen LogP contribution in [0.2, 0.25) is 0 Å². The van der Waals surface area contributed by atoms with Gasteiger partial charge in [0.05, 0.1) is 22.5 Å². The van der Waals surface area contributed by atoms with Crippen molar-refractivity contribution >= 4 is 16.6 Å². The summed E-state index contributed by atoms with van der Waals surface area (Å²) in [4.78, 5) is 29.9. The minimum absolute atomic E-state index is 0.0767. The number of hydrogen-bond acceptors (Lipinski definition) is 3. The molecule has 3 aromatic rings. The van der Waals surface area contributed by atoms with Crippen LogP contribution in [0.5, 0.6) is 0 Å². The van der Waals surface area contributed by atoms with E-state index in [1.165, 1.54) is 0 Å². The highest BCUT2D eigenvalue weighted by atomic mass is 16.1. The summed E-state index contributed by atoms with van der Waals surface area (Å²) in [5, 5.41) is 1.23. The van der Waals surface area contributed by atoms with Crippen molar-refractivity contribution in [2.45, 2.75) is 6.54 Å². The molecule has 0 unspecified atom stereocenters.